The summed E-state index contributed by atoms with van der Waals surface area (Å²) in [6, 6.07) is 11.8. The summed E-state index contributed by atoms with van der Waals surface area (Å²) in [4.78, 5) is 38.3. The number of hydrogen-bond donors (Lipinski definition) is 0. The number of aromatic nitrogens is 1. The number of imide groups is 1. The van der Waals surface area contributed by atoms with E-state index >= 15 is 0 Å². The SMILES string of the molecule is CCc1ccc(CCOc2ccc(CC3SC(=O)N4C(=O)OOC34)cc2)nc1. The predicted molar refractivity (Wildman–Crippen MR) is 103 cm³/mol. The van der Waals surface area contributed by atoms with E-state index in [0.717, 1.165) is 46.5 Å². The van der Waals surface area contributed by atoms with Gasteiger partial charge in [0, 0.05) is 18.3 Å². The van der Waals surface area contributed by atoms with Gasteiger partial charge in [-0.3, -0.25) is 14.7 Å². The second-order valence-electron chi connectivity index (χ2n) is 6.59. The number of rotatable bonds is 7. The molecule has 2 saturated heterocycles. The molecule has 28 heavy (non-hydrogen) atoms. The Balaban J connectivity index is 1.28. The molecule has 2 aliphatic heterocycles. The van der Waals surface area contributed by atoms with Gasteiger partial charge in [0.25, 0.3) is 5.24 Å². The number of carbonyl (C=O) groups excluding carboxylic acids is 2. The van der Waals surface area contributed by atoms with E-state index in [4.69, 9.17) is 9.62 Å². The van der Waals surface area contributed by atoms with Crippen LogP contribution in [0.1, 0.15) is 23.7 Å². The fourth-order valence-corrected chi connectivity index (χ4v) is 4.22. The van der Waals surface area contributed by atoms with Crippen LogP contribution in [0.25, 0.3) is 0 Å². The summed E-state index contributed by atoms with van der Waals surface area (Å²) in [5.41, 5.74) is 3.26. The molecule has 0 spiro atoms. The molecule has 0 aliphatic carbocycles. The maximum atomic E-state index is 11.9. The van der Waals surface area contributed by atoms with Crippen LogP contribution in [0.5, 0.6) is 5.75 Å². The number of ether oxygens (including phenoxy) is 1. The number of benzene rings is 1. The second-order valence-corrected chi connectivity index (χ2v) is 7.78. The van der Waals surface area contributed by atoms with Crippen molar-refractivity contribution in [2.24, 2.45) is 0 Å². The zero-order valence-electron chi connectivity index (χ0n) is 15.4. The quantitative estimate of drug-likeness (QED) is 0.655. The Morgan fingerprint density at radius 2 is 1.93 bits per heavy atom. The lowest BCUT2D eigenvalue weighted by Crippen LogP contribution is -2.34. The van der Waals surface area contributed by atoms with E-state index in [9.17, 15) is 9.59 Å². The van der Waals surface area contributed by atoms with Crippen LogP contribution < -0.4 is 4.74 Å². The van der Waals surface area contributed by atoms with Crippen LogP contribution in [0, 0.1) is 0 Å². The number of pyridine rings is 1. The lowest BCUT2D eigenvalue weighted by atomic mass is 10.1. The van der Waals surface area contributed by atoms with E-state index in [1.165, 1.54) is 5.56 Å². The van der Waals surface area contributed by atoms with Gasteiger partial charge in [0.05, 0.1) is 11.9 Å². The fraction of sp³-hybridized carbons (Fsp3) is 0.350. The Morgan fingerprint density at radius 1 is 1.14 bits per heavy atom. The van der Waals surface area contributed by atoms with Crippen molar-refractivity contribution in [2.75, 3.05) is 6.61 Å². The number of aryl methyl sites for hydroxylation is 1. The molecule has 1 aromatic carbocycles. The first-order valence-corrected chi connectivity index (χ1v) is 10.0. The minimum atomic E-state index is -0.743. The van der Waals surface area contributed by atoms with Gasteiger partial charge >= 0.3 is 6.09 Å². The highest BCUT2D eigenvalue weighted by Gasteiger charge is 2.52. The van der Waals surface area contributed by atoms with E-state index in [2.05, 4.69) is 22.9 Å². The Kier molecular flexibility index (Phi) is 5.50. The van der Waals surface area contributed by atoms with E-state index in [1.807, 2.05) is 36.5 Å². The van der Waals surface area contributed by atoms with Crippen molar-refractivity contribution < 1.29 is 24.1 Å². The van der Waals surface area contributed by atoms with Crippen LogP contribution in [0.4, 0.5) is 9.59 Å². The summed E-state index contributed by atoms with van der Waals surface area (Å²) in [6.45, 7) is 2.66. The number of nitrogens with zero attached hydrogens (tertiary/aromatic N) is 2. The molecule has 3 heterocycles. The molecule has 0 saturated carbocycles. The summed E-state index contributed by atoms with van der Waals surface area (Å²) in [7, 11) is 0. The van der Waals surface area contributed by atoms with Gasteiger partial charge < -0.3 is 4.74 Å². The first-order chi connectivity index (χ1) is 13.6. The third-order valence-electron chi connectivity index (χ3n) is 4.72. The summed E-state index contributed by atoms with van der Waals surface area (Å²) in [5, 5.41) is -0.527. The molecule has 7 nitrogen and oxygen atoms in total. The fourth-order valence-electron chi connectivity index (χ4n) is 3.11. The summed E-state index contributed by atoms with van der Waals surface area (Å²) in [5.74, 6) is 0.779. The molecule has 4 rings (SSSR count). The number of thioether (sulfide) groups is 1. The first-order valence-electron chi connectivity index (χ1n) is 9.16. The predicted octanol–water partition coefficient (Wildman–Crippen LogP) is 3.75. The third-order valence-corrected chi connectivity index (χ3v) is 5.82. The zero-order valence-corrected chi connectivity index (χ0v) is 16.2. The van der Waals surface area contributed by atoms with Gasteiger partial charge in [-0.2, -0.15) is 4.89 Å². The number of hydrogen-bond acceptors (Lipinski definition) is 7. The van der Waals surface area contributed by atoms with Crippen molar-refractivity contribution in [3.05, 3.63) is 59.4 Å². The van der Waals surface area contributed by atoms with Gasteiger partial charge in [0.1, 0.15) is 5.75 Å². The normalized spacial score (nSPS) is 21.0. The van der Waals surface area contributed by atoms with Crippen LogP contribution in [0.3, 0.4) is 0 Å². The third kappa shape index (κ3) is 3.98. The molecule has 2 amide bonds. The molecular weight excluding hydrogens is 380 g/mol. The van der Waals surface area contributed by atoms with Gasteiger partial charge in [-0.05, 0) is 42.2 Å². The average molecular weight is 400 g/mol. The van der Waals surface area contributed by atoms with Gasteiger partial charge in [0.2, 0.25) is 6.23 Å². The van der Waals surface area contributed by atoms with Crippen molar-refractivity contribution in [1.82, 2.24) is 9.88 Å². The lowest BCUT2D eigenvalue weighted by molar-refractivity contribution is -0.240. The van der Waals surface area contributed by atoms with E-state index in [-0.39, 0.29) is 10.5 Å². The van der Waals surface area contributed by atoms with E-state index < -0.39 is 12.3 Å². The summed E-state index contributed by atoms with van der Waals surface area (Å²) in [6.07, 6.45) is 2.82. The summed E-state index contributed by atoms with van der Waals surface area (Å²) < 4.78 is 5.80. The smallest absolute Gasteiger partial charge is 0.451 e. The molecule has 2 fully saturated rings. The van der Waals surface area contributed by atoms with Crippen molar-refractivity contribution in [3.63, 3.8) is 0 Å². The largest absolute Gasteiger partial charge is 0.493 e. The van der Waals surface area contributed by atoms with Crippen LogP contribution in [0.15, 0.2) is 42.6 Å². The molecule has 2 aliphatic rings. The van der Waals surface area contributed by atoms with Gasteiger partial charge in [-0.1, -0.05) is 36.9 Å². The van der Waals surface area contributed by atoms with Crippen molar-refractivity contribution >= 4 is 23.1 Å². The number of fused-ring (bicyclic) bond motifs is 1. The Labute approximate surface area is 166 Å². The standard InChI is InChI=1S/C20H20N2O5S/c1-2-13-3-6-15(21-12-13)9-10-25-16-7-4-14(5-8-16)11-17-18-22(20(24)28-17)19(23)27-26-18/h3-8,12,17-18H,2,9-11H2,1H3. The van der Waals surface area contributed by atoms with Gasteiger partial charge in [-0.25, -0.2) is 9.69 Å². The highest BCUT2D eigenvalue weighted by atomic mass is 32.2. The molecule has 1 aromatic heterocycles. The molecule has 2 unspecified atom stereocenters. The molecule has 2 aromatic rings. The molecule has 2 atom stereocenters. The molecule has 0 N–H and O–H groups in total. The molecule has 8 heteroatoms. The highest BCUT2D eigenvalue weighted by molar-refractivity contribution is 8.14. The average Bonchev–Trinajstić information content (AvgIpc) is 3.25. The minimum absolute atomic E-state index is 0.192. The highest BCUT2D eigenvalue weighted by Crippen LogP contribution is 2.38. The first kappa shape index (κ1) is 18.8. The Bertz CT molecular complexity index is 856. The van der Waals surface area contributed by atoms with Crippen LogP contribution in [-0.4, -0.2) is 39.3 Å². The van der Waals surface area contributed by atoms with Crippen molar-refractivity contribution in [2.45, 2.75) is 37.7 Å². The van der Waals surface area contributed by atoms with Gasteiger partial charge in [0.15, 0.2) is 0 Å². The Morgan fingerprint density at radius 3 is 2.64 bits per heavy atom. The maximum absolute atomic E-state index is 11.9. The van der Waals surface area contributed by atoms with Crippen LogP contribution in [-0.2, 0) is 29.0 Å². The number of carbonyl (C=O) groups is 2. The van der Waals surface area contributed by atoms with Crippen LogP contribution in [0.2, 0.25) is 0 Å². The Hall–Kier alpha value is -2.58. The van der Waals surface area contributed by atoms with Crippen molar-refractivity contribution in [1.29, 1.82) is 0 Å². The number of amides is 2. The molecular formula is C20H20N2O5S. The molecule has 0 bridgehead atoms. The maximum Gasteiger partial charge on any atom is 0.451 e. The molecule has 0 radical (unpaired) electrons. The monoisotopic (exact) mass is 400 g/mol. The summed E-state index contributed by atoms with van der Waals surface area (Å²) >= 11 is 1.10. The topological polar surface area (TPSA) is 78.0 Å². The van der Waals surface area contributed by atoms with E-state index in [1.54, 1.807) is 0 Å². The van der Waals surface area contributed by atoms with Crippen molar-refractivity contribution in [3.8, 4) is 5.75 Å². The second kappa shape index (κ2) is 8.20. The van der Waals surface area contributed by atoms with Gasteiger partial charge in [-0.15, -0.1) is 0 Å². The lowest BCUT2D eigenvalue weighted by Gasteiger charge is -2.13. The van der Waals surface area contributed by atoms with Crippen LogP contribution >= 0.6 is 11.8 Å². The molecule has 146 valence electrons. The zero-order chi connectivity index (χ0) is 19.5. The minimum Gasteiger partial charge on any atom is -0.493 e. The van der Waals surface area contributed by atoms with E-state index in [0.29, 0.717) is 13.0 Å².